The van der Waals surface area contributed by atoms with Gasteiger partial charge in [-0.2, -0.15) is 0 Å². The molecule has 2 aromatic carbocycles. The average Bonchev–Trinajstić information content (AvgIpc) is 2.60. The Morgan fingerprint density at radius 2 is 1.79 bits per heavy atom. The second kappa shape index (κ2) is 6.11. The number of hydrogen-bond acceptors (Lipinski definition) is 3. The molecular weight excluding hydrogens is 305 g/mol. The number of rotatable bonds is 3. The predicted molar refractivity (Wildman–Crippen MR) is 93.1 cm³/mol. The lowest BCUT2D eigenvalue weighted by atomic mass is 9.78. The van der Waals surface area contributed by atoms with Crippen LogP contribution in [-0.4, -0.2) is 18.6 Å². The first-order chi connectivity index (χ1) is 11.5. The topological polar surface area (TPSA) is 38.3 Å². The molecule has 0 amide bonds. The summed E-state index contributed by atoms with van der Waals surface area (Å²) in [7, 11) is 1.39. The molecule has 0 saturated carbocycles. The number of esters is 1. The third kappa shape index (κ3) is 2.58. The number of carbonyl (C=O) groups is 1. The molecule has 0 bridgehead atoms. The summed E-state index contributed by atoms with van der Waals surface area (Å²) in [5.74, 6) is -0.662. The minimum absolute atomic E-state index is 0.0336. The van der Waals surface area contributed by atoms with Crippen LogP contribution in [0.3, 0.4) is 0 Å². The van der Waals surface area contributed by atoms with Gasteiger partial charge in [0.15, 0.2) is 5.54 Å². The highest BCUT2D eigenvalue weighted by molar-refractivity contribution is 5.98. The number of carbonyl (C=O) groups excluding carboxylic acids is 1. The second-order valence-electron chi connectivity index (χ2n) is 6.25. The molecule has 124 valence electrons. The van der Waals surface area contributed by atoms with Crippen LogP contribution in [-0.2, 0) is 9.53 Å². The summed E-state index contributed by atoms with van der Waals surface area (Å²) < 4.78 is 18.4. The Balaban J connectivity index is 2.24. The van der Waals surface area contributed by atoms with Gasteiger partial charge in [-0.1, -0.05) is 44.2 Å². The van der Waals surface area contributed by atoms with Crippen LogP contribution in [0, 0.1) is 11.7 Å². The summed E-state index contributed by atoms with van der Waals surface area (Å²) in [6.07, 6.45) is 1.90. The van der Waals surface area contributed by atoms with E-state index in [-0.39, 0.29) is 17.7 Å². The van der Waals surface area contributed by atoms with Gasteiger partial charge in [0, 0.05) is 11.3 Å². The SMILES string of the molecule is COC(=O)C1(C(C)C)C=C(c2ccc(F)cc2)c2ccccc2N1. The van der Waals surface area contributed by atoms with Crippen molar-refractivity contribution in [1.29, 1.82) is 0 Å². The summed E-state index contributed by atoms with van der Waals surface area (Å²) in [4.78, 5) is 12.6. The van der Waals surface area contributed by atoms with Crippen molar-refractivity contribution in [2.45, 2.75) is 19.4 Å². The molecule has 0 fully saturated rings. The van der Waals surface area contributed by atoms with E-state index in [2.05, 4.69) is 5.32 Å². The maximum absolute atomic E-state index is 13.3. The monoisotopic (exact) mass is 325 g/mol. The molecule has 1 aliphatic heterocycles. The normalized spacial score (nSPS) is 19.3. The molecule has 0 saturated heterocycles. The number of para-hydroxylation sites is 1. The fourth-order valence-corrected chi connectivity index (χ4v) is 3.09. The van der Waals surface area contributed by atoms with Crippen molar-refractivity contribution in [2.24, 2.45) is 5.92 Å². The fraction of sp³-hybridized carbons (Fsp3) is 0.250. The molecule has 0 spiro atoms. The van der Waals surface area contributed by atoms with E-state index in [1.165, 1.54) is 19.2 Å². The van der Waals surface area contributed by atoms with Crippen molar-refractivity contribution in [3.8, 4) is 0 Å². The van der Waals surface area contributed by atoms with E-state index in [1.807, 2.05) is 44.2 Å². The Kier molecular flexibility index (Phi) is 4.14. The fourth-order valence-electron chi connectivity index (χ4n) is 3.09. The zero-order valence-electron chi connectivity index (χ0n) is 14.0. The zero-order valence-corrected chi connectivity index (χ0v) is 14.0. The Hall–Kier alpha value is -2.62. The van der Waals surface area contributed by atoms with Gasteiger partial charge in [-0.05, 0) is 41.3 Å². The maximum atomic E-state index is 13.3. The summed E-state index contributed by atoms with van der Waals surface area (Å²) in [6, 6.07) is 14.1. The highest BCUT2D eigenvalue weighted by Crippen LogP contribution is 2.40. The first-order valence-corrected chi connectivity index (χ1v) is 7.92. The summed E-state index contributed by atoms with van der Waals surface area (Å²) in [6.45, 7) is 3.94. The van der Waals surface area contributed by atoms with Crippen LogP contribution in [0.2, 0.25) is 0 Å². The van der Waals surface area contributed by atoms with Crippen LogP contribution in [0.1, 0.15) is 25.0 Å². The van der Waals surface area contributed by atoms with Crippen molar-refractivity contribution in [3.63, 3.8) is 0 Å². The molecule has 24 heavy (non-hydrogen) atoms. The average molecular weight is 325 g/mol. The molecule has 1 heterocycles. The van der Waals surface area contributed by atoms with Crippen LogP contribution >= 0.6 is 0 Å². The number of fused-ring (bicyclic) bond motifs is 1. The maximum Gasteiger partial charge on any atom is 0.335 e. The van der Waals surface area contributed by atoms with Gasteiger partial charge in [0.2, 0.25) is 0 Å². The Bertz CT molecular complexity index is 796. The molecule has 0 aromatic heterocycles. The number of nitrogens with one attached hydrogen (secondary N) is 1. The van der Waals surface area contributed by atoms with Crippen LogP contribution in [0.25, 0.3) is 5.57 Å². The Morgan fingerprint density at radius 3 is 2.42 bits per heavy atom. The van der Waals surface area contributed by atoms with Gasteiger partial charge in [-0.3, -0.25) is 0 Å². The van der Waals surface area contributed by atoms with Crippen LogP contribution < -0.4 is 5.32 Å². The van der Waals surface area contributed by atoms with Gasteiger partial charge in [-0.15, -0.1) is 0 Å². The van der Waals surface area contributed by atoms with Crippen molar-refractivity contribution < 1.29 is 13.9 Å². The van der Waals surface area contributed by atoms with Gasteiger partial charge in [0.1, 0.15) is 5.82 Å². The standard InChI is InChI=1S/C20H20FNO2/c1-13(2)20(19(23)24-3)12-17(14-8-10-15(21)11-9-14)16-6-4-5-7-18(16)22-20/h4-13,22H,1-3H3. The number of methoxy groups -OCH3 is 1. The van der Waals surface area contributed by atoms with Gasteiger partial charge in [-0.25, -0.2) is 9.18 Å². The van der Waals surface area contributed by atoms with E-state index in [1.54, 1.807) is 12.1 Å². The van der Waals surface area contributed by atoms with Crippen molar-refractivity contribution >= 4 is 17.2 Å². The smallest absolute Gasteiger partial charge is 0.335 e. The van der Waals surface area contributed by atoms with Gasteiger partial charge < -0.3 is 10.1 Å². The predicted octanol–water partition coefficient (Wildman–Crippen LogP) is 4.25. The minimum atomic E-state index is -0.965. The Morgan fingerprint density at radius 1 is 1.12 bits per heavy atom. The quantitative estimate of drug-likeness (QED) is 0.857. The number of anilines is 1. The molecule has 4 heteroatoms. The first kappa shape index (κ1) is 16.2. The van der Waals surface area contributed by atoms with E-state index in [4.69, 9.17) is 4.74 Å². The van der Waals surface area contributed by atoms with Gasteiger partial charge in [0.25, 0.3) is 0 Å². The van der Waals surface area contributed by atoms with Crippen molar-refractivity contribution in [3.05, 3.63) is 71.6 Å². The molecule has 1 N–H and O–H groups in total. The largest absolute Gasteiger partial charge is 0.467 e. The highest BCUT2D eigenvalue weighted by Gasteiger charge is 2.44. The third-order valence-electron chi connectivity index (χ3n) is 4.52. The van der Waals surface area contributed by atoms with Crippen molar-refractivity contribution in [2.75, 3.05) is 12.4 Å². The lowest BCUT2D eigenvalue weighted by Crippen LogP contribution is -2.51. The van der Waals surface area contributed by atoms with E-state index in [9.17, 15) is 9.18 Å². The molecule has 0 aliphatic carbocycles. The summed E-state index contributed by atoms with van der Waals surface area (Å²) in [5.41, 5.74) is 2.62. The molecule has 3 nitrogen and oxygen atoms in total. The summed E-state index contributed by atoms with van der Waals surface area (Å²) >= 11 is 0. The third-order valence-corrected chi connectivity index (χ3v) is 4.52. The molecule has 2 aromatic rings. The number of hydrogen-bond donors (Lipinski definition) is 1. The minimum Gasteiger partial charge on any atom is -0.467 e. The van der Waals surface area contributed by atoms with Gasteiger partial charge >= 0.3 is 5.97 Å². The zero-order chi connectivity index (χ0) is 17.3. The van der Waals surface area contributed by atoms with E-state index in [0.717, 1.165) is 22.4 Å². The van der Waals surface area contributed by atoms with Crippen LogP contribution in [0.15, 0.2) is 54.6 Å². The lowest BCUT2D eigenvalue weighted by molar-refractivity contribution is -0.145. The van der Waals surface area contributed by atoms with E-state index in [0.29, 0.717) is 0 Å². The van der Waals surface area contributed by atoms with E-state index >= 15 is 0 Å². The molecule has 0 radical (unpaired) electrons. The highest BCUT2D eigenvalue weighted by atomic mass is 19.1. The molecule has 3 rings (SSSR count). The Labute approximate surface area is 141 Å². The van der Waals surface area contributed by atoms with Crippen LogP contribution in [0.5, 0.6) is 0 Å². The van der Waals surface area contributed by atoms with Crippen molar-refractivity contribution in [1.82, 2.24) is 0 Å². The van der Waals surface area contributed by atoms with E-state index < -0.39 is 5.54 Å². The number of ether oxygens (including phenoxy) is 1. The molecular formula is C20H20FNO2. The lowest BCUT2D eigenvalue weighted by Gasteiger charge is -2.38. The second-order valence-corrected chi connectivity index (χ2v) is 6.25. The van der Waals surface area contributed by atoms with Gasteiger partial charge in [0.05, 0.1) is 7.11 Å². The number of halogens is 1. The van der Waals surface area contributed by atoms with Crippen LogP contribution in [0.4, 0.5) is 10.1 Å². The number of benzene rings is 2. The molecule has 1 aliphatic rings. The first-order valence-electron chi connectivity index (χ1n) is 7.92. The summed E-state index contributed by atoms with van der Waals surface area (Å²) in [5, 5.41) is 3.35. The molecule has 1 unspecified atom stereocenters. The molecule has 1 atom stereocenters.